The number of hydrogen-bond acceptors (Lipinski definition) is 2. The second kappa shape index (κ2) is 7.84. The third kappa shape index (κ3) is 4.60. The van der Waals surface area contributed by atoms with E-state index in [4.69, 9.17) is 0 Å². The number of nitrogens with zero attached hydrogens (tertiary/aromatic N) is 1. The standard InChI is InChI=1S/C17H24N2O2/c1-2-3-11-16(14-8-5-4-6-9-14)18-17(21)19-12-7-10-15(20)13-19/h2,4-6,8-9,15-16,20H,1,3,7,10-13H2,(H,18,21)/t15-,16+/m0/s1. The molecule has 0 unspecified atom stereocenters. The van der Waals surface area contributed by atoms with Crippen molar-refractivity contribution in [1.82, 2.24) is 10.2 Å². The third-order valence-corrected chi connectivity index (χ3v) is 3.84. The molecule has 1 aromatic carbocycles. The van der Waals surface area contributed by atoms with Crippen LogP contribution in [0.2, 0.25) is 0 Å². The first-order valence-corrected chi connectivity index (χ1v) is 7.60. The van der Waals surface area contributed by atoms with Gasteiger partial charge in [0.2, 0.25) is 0 Å². The molecule has 114 valence electrons. The van der Waals surface area contributed by atoms with Crippen LogP contribution in [0.15, 0.2) is 43.0 Å². The first kappa shape index (κ1) is 15.6. The number of hydrogen-bond donors (Lipinski definition) is 2. The molecule has 0 bridgehead atoms. The molecule has 4 nitrogen and oxygen atoms in total. The molecule has 0 aromatic heterocycles. The zero-order chi connectivity index (χ0) is 15.1. The Morgan fingerprint density at radius 3 is 2.90 bits per heavy atom. The lowest BCUT2D eigenvalue weighted by Gasteiger charge is -2.32. The number of piperidine rings is 1. The smallest absolute Gasteiger partial charge is 0.317 e. The lowest BCUT2D eigenvalue weighted by atomic mass is 10.0. The van der Waals surface area contributed by atoms with E-state index in [1.165, 1.54) is 0 Å². The monoisotopic (exact) mass is 288 g/mol. The Morgan fingerprint density at radius 2 is 2.24 bits per heavy atom. The van der Waals surface area contributed by atoms with Gasteiger partial charge in [0.1, 0.15) is 0 Å². The van der Waals surface area contributed by atoms with Crippen molar-refractivity contribution in [2.45, 2.75) is 37.8 Å². The Balaban J connectivity index is 2.00. The lowest BCUT2D eigenvalue weighted by molar-refractivity contribution is 0.0832. The average Bonchev–Trinajstić information content (AvgIpc) is 2.52. The number of allylic oxidation sites excluding steroid dienone is 1. The number of urea groups is 1. The molecule has 1 fully saturated rings. The highest BCUT2D eigenvalue weighted by Crippen LogP contribution is 2.19. The van der Waals surface area contributed by atoms with Gasteiger partial charge in [0.25, 0.3) is 0 Å². The highest BCUT2D eigenvalue weighted by Gasteiger charge is 2.24. The third-order valence-electron chi connectivity index (χ3n) is 3.84. The summed E-state index contributed by atoms with van der Waals surface area (Å²) in [4.78, 5) is 14.1. The number of nitrogens with one attached hydrogen (secondary N) is 1. The van der Waals surface area contributed by atoms with Crippen LogP contribution in [-0.4, -0.2) is 35.2 Å². The van der Waals surface area contributed by atoms with Gasteiger partial charge in [-0.15, -0.1) is 6.58 Å². The van der Waals surface area contributed by atoms with E-state index in [0.29, 0.717) is 13.1 Å². The van der Waals surface area contributed by atoms with E-state index in [1.807, 2.05) is 36.4 Å². The van der Waals surface area contributed by atoms with Crippen molar-refractivity contribution in [3.63, 3.8) is 0 Å². The molecule has 1 aliphatic rings. The Bertz CT molecular complexity index is 461. The van der Waals surface area contributed by atoms with Gasteiger partial charge in [-0.25, -0.2) is 4.79 Å². The molecule has 0 spiro atoms. The van der Waals surface area contributed by atoms with Gasteiger partial charge in [0.15, 0.2) is 0 Å². The summed E-state index contributed by atoms with van der Waals surface area (Å²) >= 11 is 0. The fraction of sp³-hybridized carbons (Fsp3) is 0.471. The van der Waals surface area contributed by atoms with E-state index in [2.05, 4.69) is 11.9 Å². The van der Waals surface area contributed by atoms with Gasteiger partial charge in [-0.1, -0.05) is 36.4 Å². The van der Waals surface area contributed by atoms with Crippen LogP contribution in [0.4, 0.5) is 4.79 Å². The van der Waals surface area contributed by atoms with Gasteiger partial charge in [-0.2, -0.15) is 0 Å². The normalized spacial score (nSPS) is 19.9. The van der Waals surface area contributed by atoms with E-state index >= 15 is 0 Å². The Morgan fingerprint density at radius 1 is 1.48 bits per heavy atom. The van der Waals surface area contributed by atoms with Crippen LogP contribution in [0.3, 0.4) is 0 Å². The summed E-state index contributed by atoms with van der Waals surface area (Å²) in [5.41, 5.74) is 1.10. The average molecular weight is 288 g/mol. The summed E-state index contributed by atoms with van der Waals surface area (Å²) in [5.74, 6) is 0. The van der Waals surface area contributed by atoms with E-state index in [9.17, 15) is 9.90 Å². The minimum atomic E-state index is -0.396. The maximum atomic E-state index is 12.4. The van der Waals surface area contributed by atoms with Crippen LogP contribution < -0.4 is 5.32 Å². The van der Waals surface area contributed by atoms with Gasteiger partial charge in [-0.3, -0.25) is 0 Å². The molecule has 21 heavy (non-hydrogen) atoms. The van der Waals surface area contributed by atoms with Crippen LogP contribution >= 0.6 is 0 Å². The first-order chi connectivity index (χ1) is 10.2. The summed E-state index contributed by atoms with van der Waals surface area (Å²) in [5, 5.41) is 12.8. The maximum absolute atomic E-state index is 12.4. The van der Waals surface area contributed by atoms with Gasteiger partial charge in [0.05, 0.1) is 12.1 Å². The number of rotatable bonds is 5. The van der Waals surface area contributed by atoms with Crippen LogP contribution in [0, 0.1) is 0 Å². The van der Waals surface area contributed by atoms with E-state index in [-0.39, 0.29) is 12.1 Å². The minimum Gasteiger partial charge on any atom is -0.391 e. The molecular weight excluding hydrogens is 264 g/mol. The number of likely N-dealkylation sites (tertiary alicyclic amines) is 1. The number of aliphatic hydroxyl groups is 1. The van der Waals surface area contributed by atoms with Gasteiger partial charge >= 0.3 is 6.03 Å². The van der Waals surface area contributed by atoms with Crippen LogP contribution in [-0.2, 0) is 0 Å². The molecular formula is C17H24N2O2. The maximum Gasteiger partial charge on any atom is 0.317 e. The Kier molecular flexibility index (Phi) is 5.81. The predicted molar refractivity (Wildman–Crippen MR) is 84.0 cm³/mol. The second-order valence-electron chi connectivity index (χ2n) is 5.52. The summed E-state index contributed by atoms with van der Waals surface area (Å²) in [7, 11) is 0. The molecule has 1 heterocycles. The molecule has 4 heteroatoms. The molecule has 2 atom stereocenters. The predicted octanol–water partition coefficient (Wildman–Crippen LogP) is 2.86. The molecule has 2 amide bonds. The number of aliphatic hydroxyl groups excluding tert-OH is 1. The summed E-state index contributed by atoms with van der Waals surface area (Å²) in [6.45, 7) is 4.89. The zero-order valence-electron chi connectivity index (χ0n) is 12.4. The number of amides is 2. The fourth-order valence-electron chi connectivity index (χ4n) is 2.67. The number of carbonyl (C=O) groups is 1. The van der Waals surface area contributed by atoms with Gasteiger partial charge in [0, 0.05) is 13.1 Å². The van der Waals surface area contributed by atoms with Crippen molar-refractivity contribution in [2.24, 2.45) is 0 Å². The lowest BCUT2D eigenvalue weighted by Crippen LogP contribution is -2.48. The van der Waals surface area contributed by atoms with Crippen molar-refractivity contribution >= 4 is 6.03 Å². The van der Waals surface area contributed by atoms with Gasteiger partial charge < -0.3 is 15.3 Å². The molecule has 1 saturated heterocycles. The summed E-state index contributed by atoms with van der Waals surface area (Å²) in [6.07, 6.45) is 4.79. The van der Waals surface area contributed by atoms with Crippen molar-refractivity contribution in [3.8, 4) is 0 Å². The van der Waals surface area contributed by atoms with Crippen molar-refractivity contribution in [2.75, 3.05) is 13.1 Å². The van der Waals surface area contributed by atoms with Crippen LogP contribution in [0.1, 0.15) is 37.3 Å². The zero-order valence-corrected chi connectivity index (χ0v) is 12.4. The number of β-amino-alcohol motifs (C(OH)–C–C–N with tert-alkyl or cyclic N) is 1. The highest BCUT2D eigenvalue weighted by molar-refractivity contribution is 5.74. The first-order valence-electron chi connectivity index (χ1n) is 7.60. The molecule has 2 N–H and O–H groups in total. The topological polar surface area (TPSA) is 52.6 Å². The van der Waals surface area contributed by atoms with E-state index in [1.54, 1.807) is 4.90 Å². The Labute approximate surface area is 126 Å². The highest BCUT2D eigenvalue weighted by atomic mass is 16.3. The van der Waals surface area contributed by atoms with E-state index in [0.717, 1.165) is 31.2 Å². The summed E-state index contributed by atoms with van der Waals surface area (Å²) in [6, 6.07) is 9.87. The minimum absolute atomic E-state index is 0.0178. The van der Waals surface area contributed by atoms with Crippen molar-refractivity contribution < 1.29 is 9.90 Å². The fourth-order valence-corrected chi connectivity index (χ4v) is 2.67. The van der Waals surface area contributed by atoms with Crippen molar-refractivity contribution in [1.29, 1.82) is 0 Å². The van der Waals surface area contributed by atoms with Gasteiger partial charge in [-0.05, 0) is 31.2 Å². The number of benzene rings is 1. The van der Waals surface area contributed by atoms with Crippen LogP contribution in [0.5, 0.6) is 0 Å². The molecule has 1 aliphatic heterocycles. The van der Waals surface area contributed by atoms with Crippen LogP contribution in [0.25, 0.3) is 0 Å². The molecule has 0 saturated carbocycles. The molecule has 1 aromatic rings. The molecule has 0 aliphatic carbocycles. The summed E-state index contributed by atoms with van der Waals surface area (Å²) < 4.78 is 0. The second-order valence-corrected chi connectivity index (χ2v) is 5.52. The number of carbonyl (C=O) groups excluding carboxylic acids is 1. The van der Waals surface area contributed by atoms with Crippen molar-refractivity contribution in [3.05, 3.63) is 48.6 Å². The van der Waals surface area contributed by atoms with E-state index < -0.39 is 6.10 Å². The largest absolute Gasteiger partial charge is 0.391 e. The SMILES string of the molecule is C=CCC[C@@H](NC(=O)N1CCC[C@H](O)C1)c1ccccc1. The Hall–Kier alpha value is -1.81. The molecule has 0 radical (unpaired) electrons. The quantitative estimate of drug-likeness (QED) is 0.819. The molecule has 2 rings (SSSR count).